The molecule has 1 aromatic rings. The van der Waals surface area contributed by atoms with E-state index in [-0.39, 0.29) is 22.2 Å². The smallest absolute Gasteiger partial charge is 0.0738 e. The van der Waals surface area contributed by atoms with Crippen molar-refractivity contribution in [2.75, 3.05) is 0 Å². The molecule has 1 N–H and O–H groups in total. The third-order valence-electron chi connectivity index (χ3n) is 5.92. The summed E-state index contributed by atoms with van der Waals surface area (Å²) in [5.74, 6) is 0.570. The molecule has 2 aliphatic rings. The Morgan fingerprint density at radius 1 is 1.25 bits per heavy atom. The maximum absolute atomic E-state index is 10.7. The molecule has 0 saturated heterocycles. The highest BCUT2D eigenvalue weighted by molar-refractivity contribution is 7.98. The molecule has 0 heterocycles. The van der Waals surface area contributed by atoms with Gasteiger partial charge in [-0.25, -0.2) is 4.40 Å². The van der Waals surface area contributed by atoms with Gasteiger partial charge in [0.15, 0.2) is 0 Å². The Morgan fingerprint density at radius 3 is 2.55 bits per heavy atom. The first-order chi connectivity index (χ1) is 9.47. The van der Waals surface area contributed by atoms with Gasteiger partial charge in [0.2, 0.25) is 0 Å². The standard InChI is InChI=1S/C17H23NOS/c1-16(2)13-9-10-17(16,3)15(19)14(13)20-18-11-12-7-5-4-6-8-12/h4-8,11,13-15,19H,9-10H2,1-3H3/b18-11+. The fraction of sp³-hybridized carbons (Fsp3) is 0.588. The molecule has 1 aromatic carbocycles. The summed E-state index contributed by atoms with van der Waals surface area (Å²) < 4.78 is 4.52. The van der Waals surface area contributed by atoms with Crippen LogP contribution in [0.25, 0.3) is 0 Å². The van der Waals surface area contributed by atoms with Crippen LogP contribution < -0.4 is 0 Å². The van der Waals surface area contributed by atoms with E-state index in [9.17, 15) is 5.11 Å². The minimum atomic E-state index is -0.242. The van der Waals surface area contributed by atoms with Crippen molar-refractivity contribution in [1.29, 1.82) is 0 Å². The fourth-order valence-electron chi connectivity index (χ4n) is 4.08. The van der Waals surface area contributed by atoms with Gasteiger partial charge in [0.25, 0.3) is 0 Å². The molecule has 0 aliphatic heterocycles. The second-order valence-electron chi connectivity index (χ2n) is 6.94. The lowest BCUT2D eigenvalue weighted by Gasteiger charge is -2.36. The van der Waals surface area contributed by atoms with Gasteiger partial charge in [0.05, 0.1) is 11.4 Å². The number of hydrogen-bond donors (Lipinski definition) is 1. The van der Waals surface area contributed by atoms with Crippen molar-refractivity contribution in [3.05, 3.63) is 35.9 Å². The van der Waals surface area contributed by atoms with E-state index in [1.165, 1.54) is 6.42 Å². The molecule has 0 amide bonds. The van der Waals surface area contributed by atoms with E-state index >= 15 is 0 Å². The number of hydrogen-bond acceptors (Lipinski definition) is 3. The van der Waals surface area contributed by atoms with Crippen LogP contribution in [-0.2, 0) is 0 Å². The molecule has 0 aromatic heterocycles. The van der Waals surface area contributed by atoms with E-state index in [1.54, 1.807) is 11.9 Å². The summed E-state index contributed by atoms with van der Waals surface area (Å²) in [6.45, 7) is 6.88. The molecule has 20 heavy (non-hydrogen) atoms. The third-order valence-corrected chi connectivity index (χ3v) is 6.97. The Kier molecular flexibility index (Phi) is 3.46. The molecule has 108 valence electrons. The quantitative estimate of drug-likeness (QED) is 0.675. The van der Waals surface area contributed by atoms with Gasteiger partial charge in [-0.1, -0.05) is 51.1 Å². The molecular formula is C17H23NOS. The average molecular weight is 289 g/mol. The fourth-order valence-corrected chi connectivity index (χ4v) is 5.44. The number of benzene rings is 1. The zero-order valence-electron chi connectivity index (χ0n) is 12.4. The molecule has 3 heteroatoms. The SMILES string of the molecule is CC1(C)C2CCC1(C)C(O)C2S/N=C/c1ccccc1. The Hall–Kier alpha value is -0.800. The lowest BCUT2D eigenvalue weighted by Crippen LogP contribution is -2.38. The van der Waals surface area contributed by atoms with Crippen molar-refractivity contribution in [2.45, 2.75) is 45.0 Å². The van der Waals surface area contributed by atoms with Crippen molar-refractivity contribution in [3.63, 3.8) is 0 Å². The monoisotopic (exact) mass is 289 g/mol. The summed E-state index contributed by atoms with van der Waals surface area (Å²) in [7, 11) is 0. The van der Waals surface area contributed by atoms with Gasteiger partial charge in [0, 0.05) is 11.6 Å². The largest absolute Gasteiger partial charge is 0.391 e. The minimum absolute atomic E-state index is 0.0532. The summed E-state index contributed by atoms with van der Waals surface area (Å²) in [6, 6.07) is 10.1. The van der Waals surface area contributed by atoms with Crippen LogP contribution in [0.5, 0.6) is 0 Å². The first-order valence-corrected chi connectivity index (χ1v) is 8.23. The van der Waals surface area contributed by atoms with Gasteiger partial charge < -0.3 is 5.11 Å². The molecule has 2 fully saturated rings. The van der Waals surface area contributed by atoms with Gasteiger partial charge >= 0.3 is 0 Å². The van der Waals surface area contributed by atoms with Crippen LogP contribution >= 0.6 is 11.9 Å². The average Bonchev–Trinajstić information content (AvgIpc) is 2.74. The predicted molar refractivity (Wildman–Crippen MR) is 86.0 cm³/mol. The summed E-state index contributed by atoms with van der Waals surface area (Å²) in [5.41, 5.74) is 1.38. The van der Waals surface area contributed by atoms with Crippen molar-refractivity contribution >= 4 is 18.2 Å². The molecule has 4 unspecified atom stereocenters. The van der Waals surface area contributed by atoms with Gasteiger partial charge in [-0.15, -0.1) is 0 Å². The minimum Gasteiger partial charge on any atom is -0.391 e. The molecule has 0 spiro atoms. The van der Waals surface area contributed by atoms with Gasteiger partial charge in [-0.3, -0.25) is 0 Å². The Morgan fingerprint density at radius 2 is 1.95 bits per heavy atom. The van der Waals surface area contributed by atoms with Gasteiger partial charge in [0.1, 0.15) is 0 Å². The summed E-state index contributed by atoms with van der Waals surface area (Å²) >= 11 is 1.57. The van der Waals surface area contributed by atoms with Crippen molar-refractivity contribution in [1.82, 2.24) is 0 Å². The molecule has 4 atom stereocenters. The second-order valence-corrected chi connectivity index (χ2v) is 7.91. The molecule has 2 nitrogen and oxygen atoms in total. The number of rotatable bonds is 3. The van der Waals surface area contributed by atoms with E-state index in [1.807, 2.05) is 36.5 Å². The Bertz CT molecular complexity index is 513. The van der Waals surface area contributed by atoms with Crippen LogP contribution in [0, 0.1) is 16.7 Å². The van der Waals surface area contributed by atoms with E-state index < -0.39 is 0 Å². The molecule has 0 radical (unpaired) electrons. The molecular weight excluding hydrogens is 266 g/mol. The topological polar surface area (TPSA) is 32.6 Å². The molecule has 2 bridgehead atoms. The zero-order chi connectivity index (χ0) is 14.4. The van der Waals surface area contributed by atoms with E-state index in [2.05, 4.69) is 25.2 Å². The van der Waals surface area contributed by atoms with Crippen LogP contribution in [0.15, 0.2) is 34.7 Å². The lowest BCUT2D eigenvalue weighted by atomic mass is 9.70. The molecule has 3 rings (SSSR count). The Balaban J connectivity index is 1.72. The maximum Gasteiger partial charge on any atom is 0.0738 e. The van der Waals surface area contributed by atoms with Gasteiger partial charge in [-0.2, -0.15) is 0 Å². The van der Waals surface area contributed by atoms with E-state index in [0.717, 1.165) is 12.0 Å². The van der Waals surface area contributed by atoms with Crippen LogP contribution in [0.1, 0.15) is 39.2 Å². The zero-order valence-corrected chi connectivity index (χ0v) is 13.2. The highest BCUT2D eigenvalue weighted by Crippen LogP contribution is 2.67. The highest BCUT2D eigenvalue weighted by atomic mass is 32.2. The number of nitrogens with zero attached hydrogens (tertiary/aromatic N) is 1. The summed E-state index contributed by atoms with van der Waals surface area (Å²) in [4.78, 5) is 0. The Labute approximate surface area is 125 Å². The number of aliphatic hydroxyl groups excluding tert-OH is 1. The highest BCUT2D eigenvalue weighted by Gasteiger charge is 2.66. The third kappa shape index (κ3) is 1.94. The number of aliphatic hydroxyl groups is 1. The first kappa shape index (κ1) is 14.2. The predicted octanol–water partition coefficient (Wildman–Crippen LogP) is 3.94. The van der Waals surface area contributed by atoms with Gasteiger partial charge in [-0.05, 0) is 41.7 Å². The van der Waals surface area contributed by atoms with Crippen LogP contribution in [0.2, 0.25) is 0 Å². The molecule has 2 aliphatic carbocycles. The normalized spacial score (nSPS) is 38.7. The lowest BCUT2D eigenvalue weighted by molar-refractivity contribution is 0.0148. The van der Waals surface area contributed by atoms with Crippen molar-refractivity contribution in [2.24, 2.45) is 21.1 Å². The van der Waals surface area contributed by atoms with Crippen molar-refractivity contribution < 1.29 is 5.11 Å². The van der Waals surface area contributed by atoms with Crippen LogP contribution in [0.3, 0.4) is 0 Å². The van der Waals surface area contributed by atoms with Crippen LogP contribution in [-0.4, -0.2) is 22.7 Å². The maximum atomic E-state index is 10.7. The van der Waals surface area contributed by atoms with Crippen molar-refractivity contribution in [3.8, 4) is 0 Å². The second kappa shape index (κ2) is 4.88. The van der Waals surface area contributed by atoms with E-state index in [0.29, 0.717) is 5.92 Å². The summed E-state index contributed by atoms with van der Waals surface area (Å²) in [6.07, 6.45) is 4.03. The van der Waals surface area contributed by atoms with E-state index in [4.69, 9.17) is 0 Å². The first-order valence-electron chi connectivity index (χ1n) is 7.39. The van der Waals surface area contributed by atoms with Crippen LogP contribution in [0.4, 0.5) is 0 Å². The molecule has 2 saturated carbocycles. The summed E-state index contributed by atoms with van der Waals surface area (Å²) in [5, 5.41) is 10.9. The number of fused-ring (bicyclic) bond motifs is 2.